The van der Waals surface area contributed by atoms with E-state index < -0.39 is 23.7 Å². The number of primary amides is 1. The van der Waals surface area contributed by atoms with Crippen molar-refractivity contribution in [3.8, 4) is 0 Å². The molecule has 0 aromatic carbocycles. The van der Waals surface area contributed by atoms with Gasteiger partial charge in [0.1, 0.15) is 5.00 Å². The Morgan fingerprint density at radius 1 is 1.16 bits per heavy atom. The summed E-state index contributed by atoms with van der Waals surface area (Å²) >= 11 is 1.44. The topological polar surface area (TPSA) is 109 Å². The second-order valence-electron chi connectivity index (χ2n) is 10.0. The van der Waals surface area contributed by atoms with Gasteiger partial charge < -0.3 is 16.2 Å². The lowest BCUT2D eigenvalue weighted by Gasteiger charge is -2.41. The van der Waals surface area contributed by atoms with E-state index in [1.54, 1.807) is 0 Å². The summed E-state index contributed by atoms with van der Waals surface area (Å²) in [6, 6.07) is 0. The van der Waals surface area contributed by atoms with E-state index in [9.17, 15) is 19.5 Å². The average molecular weight is 445 g/mol. The molecule has 4 N–H and O–H groups in total. The zero-order valence-corrected chi connectivity index (χ0v) is 19.3. The Kier molecular flexibility index (Phi) is 5.75. The highest BCUT2D eigenvalue weighted by Gasteiger charge is 2.48. The molecule has 4 aliphatic carbocycles. The number of hydrogen-bond acceptors (Lipinski definition) is 4. The summed E-state index contributed by atoms with van der Waals surface area (Å²) in [4.78, 5) is 38.6. The predicted octanol–water partition coefficient (Wildman–Crippen LogP) is 4.24. The minimum atomic E-state index is -0.926. The van der Waals surface area contributed by atoms with Crippen LogP contribution in [0.3, 0.4) is 0 Å². The molecule has 31 heavy (non-hydrogen) atoms. The number of thiophene rings is 1. The number of carbonyl (C=O) groups is 3. The Bertz CT molecular complexity index is 948. The molecule has 5 rings (SSSR count). The van der Waals surface area contributed by atoms with Gasteiger partial charge in [0.05, 0.1) is 17.4 Å². The van der Waals surface area contributed by atoms with E-state index in [0.29, 0.717) is 16.5 Å². The largest absolute Gasteiger partial charge is 0.481 e. The van der Waals surface area contributed by atoms with E-state index in [1.165, 1.54) is 11.3 Å². The Balaban J connectivity index is 1.62. The molecule has 0 spiro atoms. The van der Waals surface area contributed by atoms with Crippen molar-refractivity contribution in [3.05, 3.63) is 28.2 Å². The number of anilines is 1. The maximum atomic E-state index is 13.3. The summed E-state index contributed by atoms with van der Waals surface area (Å²) in [7, 11) is 0. The highest BCUT2D eigenvalue weighted by Crippen LogP contribution is 2.48. The first-order chi connectivity index (χ1) is 14.6. The van der Waals surface area contributed by atoms with Gasteiger partial charge in [-0.2, -0.15) is 0 Å². The number of carbonyl (C=O) groups excluding carboxylic acids is 2. The van der Waals surface area contributed by atoms with Crippen LogP contribution in [0.2, 0.25) is 0 Å². The zero-order valence-electron chi connectivity index (χ0n) is 18.4. The van der Waals surface area contributed by atoms with Crippen LogP contribution in [-0.2, 0) is 22.4 Å². The van der Waals surface area contributed by atoms with Gasteiger partial charge in [-0.1, -0.05) is 39.3 Å². The molecule has 1 saturated carbocycles. The summed E-state index contributed by atoms with van der Waals surface area (Å²) in [5, 5.41) is 13.2. The molecule has 6 nitrogen and oxygen atoms in total. The quantitative estimate of drug-likeness (QED) is 0.570. The molecule has 2 bridgehead atoms. The van der Waals surface area contributed by atoms with Gasteiger partial charge in [-0.25, -0.2) is 0 Å². The molecule has 0 radical (unpaired) electrons. The van der Waals surface area contributed by atoms with E-state index in [4.69, 9.17) is 5.73 Å². The fourth-order valence-electron chi connectivity index (χ4n) is 5.77. The lowest BCUT2D eigenvalue weighted by atomic mass is 9.62. The van der Waals surface area contributed by atoms with Gasteiger partial charge in [-0.05, 0) is 60.8 Å². The number of aliphatic carboxylic acids is 1. The second kappa shape index (κ2) is 8.08. The summed E-state index contributed by atoms with van der Waals surface area (Å²) in [5.41, 5.74) is 7.33. The molecule has 168 valence electrons. The highest BCUT2D eigenvalue weighted by molar-refractivity contribution is 7.17. The number of nitrogens with one attached hydrogen (secondary N) is 1. The summed E-state index contributed by atoms with van der Waals surface area (Å²) in [6.45, 7) is 6.77. The molecule has 1 aromatic heterocycles. The number of fused-ring (bicyclic) bond motifs is 3. The van der Waals surface area contributed by atoms with Crippen LogP contribution < -0.4 is 11.1 Å². The third-order valence-electron chi connectivity index (χ3n) is 8.10. The number of allylic oxidation sites excluding steroid dienone is 2. The number of carboxylic acids is 1. The predicted molar refractivity (Wildman–Crippen MR) is 121 cm³/mol. The summed E-state index contributed by atoms with van der Waals surface area (Å²) < 4.78 is 0. The average Bonchev–Trinajstić information content (AvgIpc) is 3.10. The lowest BCUT2D eigenvalue weighted by Crippen LogP contribution is -2.47. The van der Waals surface area contributed by atoms with Crippen LogP contribution in [0.25, 0.3) is 0 Å². The van der Waals surface area contributed by atoms with Crippen LogP contribution in [0, 0.1) is 35.0 Å². The highest BCUT2D eigenvalue weighted by atomic mass is 32.1. The van der Waals surface area contributed by atoms with Gasteiger partial charge in [0.25, 0.3) is 5.91 Å². The number of rotatable bonds is 6. The van der Waals surface area contributed by atoms with Crippen molar-refractivity contribution in [2.75, 3.05) is 5.32 Å². The molecular formula is C24H32N2O4S. The number of amides is 2. The van der Waals surface area contributed by atoms with Gasteiger partial charge >= 0.3 is 5.97 Å². The second-order valence-corrected chi connectivity index (χ2v) is 11.1. The van der Waals surface area contributed by atoms with Gasteiger partial charge in [0.15, 0.2) is 0 Å². The number of carboxylic acid groups (broad SMARTS) is 1. The van der Waals surface area contributed by atoms with Crippen LogP contribution in [0.15, 0.2) is 12.2 Å². The van der Waals surface area contributed by atoms with Crippen molar-refractivity contribution in [2.24, 2.45) is 40.7 Å². The van der Waals surface area contributed by atoms with Crippen molar-refractivity contribution in [1.29, 1.82) is 0 Å². The first kappa shape index (κ1) is 22.1. The standard InChI is InChI=1S/C24H32N2O4S/c1-4-24(2,3)14-9-10-15-16(11-14)31-22(19(15)20(25)27)26-21(28)17-12-5-7-13(8-6-12)18(17)23(29)30/h5,7,12-14,17-18H,4,6,8-11H2,1-3H3,(H2,25,27)(H,26,28)(H,29,30)/t12-,13+,14-,17-,18+/m1/s1. The molecule has 0 saturated heterocycles. The first-order valence-corrected chi connectivity index (χ1v) is 12.1. The zero-order chi connectivity index (χ0) is 22.5. The Morgan fingerprint density at radius 3 is 2.35 bits per heavy atom. The molecule has 2 amide bonds. The number of nitrogens with two attached hydrogens (primary N) is 1. The van der Waals surface area contributed by atoms with Crippen molar-refractivity contribution in [3.63, 3.8) is 0 Å². The van der Waals surface area contributed by atoms with Gasteiger partial charge in [0, 0.05) is 4.88 Å². The fourth-order valence-corrected chi connectivity index (χ4v) is 7.11. The fraction of sp³-hybridized carbons (Fsp3) is 0.625. The molecular weight excluding hydrogens is 412 g/mol. The van der Waals surface area contributed by atoms with Gasteiger partial charge in [-0.3, -0.25) is 14.4 Å². The van der Waals surface area contributed by atoms with Gasteiger partial charge in [0.2, 0.25) is 5.91 Å². The van der Waals surface area contributed by atoms with Crippen molar-refractivity contribution in [1.82, 2.24) is 0 Å². The first-order valence-electron chi connectivity index (χ1n) is 11.3. The van der Waals surface area contributed by atoms with Gasteiger partial charge in [-0.15, -0.1) is 11.3 Å². The van der Waals surface area contributed by atoms with Crippen LogP contribution in [0.1, 0.15) is 67.3 Å². The van der Waals surface area contributed by atoms with Crippen molar-refractivity contribution in [2.45, 2.75) is 59.3 Å². The van der Waals surface area contributed by atoms with Crippen LogP contribution in [0.5, 0.6) is 0 Å². The van der Waals surface area contributed by atoms with Crippen molar-refractivity contribution < 1.29 is 19.5 Å². The van der Waals surface area contributed by atoms with Crippen LogP contribution in [-0.4, -0.2) is 22.9 Å². The van der Waals surface area contributed by atoms with E-state index in [1.807, 2.05) is 12.2 Å². The minimum absolute atomic E-state index is 0.0764. The molecule has 7 heteroatoms. The van der Waals surface area contributed by atoms with E-state index in [2.05, 4.69) is 26.1 Å². The number of hydrogen-bond donors (Lipinski definition) is 3. The third-order valence-corrected chi connectivity index (χ3v) is 9.27. The molecule has 0 unspecified atom stereocenters. The normalized spacial score (nSPS) is 29.5. The third kappa shape index (κ3) is 3.81. The summed E-state index contributed by atoms with van der Waals surface area (Å²) in [6.07, 6.45) is 9.30. The van der Waals surface area contributed by atoms with E-state index in [0.717, 1.165) is 49.0 Å². The maximum absolute atomic E-state index is 13.3. The summed E-state index contributed by atoms with van der Waals surface area (Å²) in [5.74, 6) is -2.76. The molecule has 1 aromatic rings. The molecule has 4 aliphatic rings. The Labute approximate surface area is 187 Å². The minimum Gasteiger partial charge on any atom is -0.481 e. The SMILES string of the molecule is CCC(C)(C)[C@@H]1CCc2c(sc(NC(=O)[C@H]3[C@@H](C(=O)O)[C@H]4C=C[C@@H]3CC4)c2C(N)=O)C1. The molecule has 0 aliphatic heterocycles. The Hall–Kier alpha value is -2.15. The molecule has 1 fully saturated rings. The van der Waals surface area contributed by atoms with Crippen molar-refractivity contribution >= 4 is 34.1 Å². The van der Waals surface area contributed by atoms with E-state index in [-0.39, 0.29) is 23.2 Å². The van der Waals surface area contributed by atoms with Crippen LogP contribution >= 0.6 is 11.3 Å². The molecule has 1 heterocycles. The molecule has 5 atom stereocenters. The monoisotopic (exact) mass is 444 g/mol. The van der Waals surface area contributed by atoms with Crippen LogP contribution in [0.4, 0.5) is 5.00 Å². The van der Waals surface area contributed by atoms with E-state index >= 15 is 0 Å². The smallest absolute Gasteiger partial charge is 0.307 e. The lowest BCUT2D eigenvalue weighted by molar-refractivity contribution is -0.151. The maximum Gasteiger partial charge on any atom is 0.307 e. The Morgan fingerprint density at radius 2 is 1.81 bits per heavy atom.